The quantitative estimate of drug-likeness (QED) is 0.771. The van der Waals surface area contributed by atoms with E-state index in [0.717, 1.165) is 42.0 Å². The Hall–Kier alpha value is -2.07. The Bertz CT molecular complexity index is 834. The highest BCUT2D eigenvalue weighted by Gasteiger charge is 2.35. The molecule has 2 heterocycles. The molecule has 2 aromatic rings. The van der Waals surface area contributed by atoms with Gasteiger partial charge in [0.05, 0.1) is 0 Å². The topological polar surface area (TPSA) is 21.5 Å². The van der Waals surface area contributed by atoms with Crippen molar-refractivity contribution in [1.82, 2.24) is 0 Å². The molecule has 1 unspecified atom stereocenters. The van der Waals surface area contributed by atoms with E-state index in [-0.39, 0.29) is 31.1 Å². The van der Waals surface area contributed by atoms with Crippen LogP contribution in [0.15, 0.2) is 36.4 Å². The molecule has 25 heavy (non-hydrogen) atoms. The lowest BCUT2D eigenvalue weighted by atomic mass is 9.90. The first kappa shape index (κ1) is 17.7. The van der Waals surface area contributed by atoms with Crippen molar-refractivity contribution in [1.29, 1.82) is 0 Å². The first-order chi connectivity index (χ1) is 11.7. The van der Waals surface area contributed by atoms with Gasteiger partial charge in [-0.05, 0) is 37.1 Å². The number of hydrogen-bond acceptors (Lipinski definition) is 2. The molecule has 3 nitrogen and oxygen atoms in total. The van der Waals surface area contributed by atoms with Gasteiger partial charge in [-0.3, -0.25) is 0 Å². The van der Waals surface area contributed by atoms with Crippen molar-refractivity contribution < 1.29 is 30.8 Å². The first-order valence-electron chi connectivity index (χ1n) is 8.51. The van der Waals surface area contributed by atoms with Crippen LogP contribution in [0.4, 0.5) is 10.1 Å². The highest BCUT2D eigenvalue weighted by Crippen LogP contribution is 2.38. The number of rotatable bonds is 3. The van der Waals surface area contributed by atoms with Gasteiger partial charge in [0.2, 0.25) is 12.5 Å². The van der Waals surface area contributed by atoms with E-state index >= 15 is 0 Å². The molecule has 2 aromatic carbocycles. The Morgan fingerprint density at radius 2 is 1.88 bits per heavy atom. The van der Waals surface area contributed by atoms with Crippen molar-refractivity contribution in [3.63, 3.8) is 0 Å². The molecule has 2 aliphatic rings. The Labute approximate surface area is 153 Å². The highest BCUT2D eigenvalue weighted by molar-refractivity contribution is 6.00. The fourth-order valence-electron chi connectivity index (χ4n) is 3.75. The summed E-state index contributed by atoms with van der Waals surface area (Å²) >= 11 is 0. The molecule has 0 saturated heterocycles. The van der Waals surface area contributed by atoms with Crippen LogP contribution in [0.3, 0.4) is 0 Å². The number of fused-ring (bicyclic) bond motifs is 2. The van der Waals surface area contributed by atoms with Crippen LogP contribution < -0.4 is 21.9 Å². The van der Waals surface area contributed by atoms with Gasteiger partial charge in [0.25, 0.3) is 0 Å². The van der Waals surface area contributed by atoms with Gasteiger partial charge in [0.1, 0.15) is 0 Å². The van der Waals surface area contributed by atoms with E-state index in [0.29, 0.717) is 5.69 Å². The molecule has 0 fully saturated rings. The van der Waals surface area contributed by atoms with Crippen LogP contribution in [0.2, 0.25) is 0 Å². The van der Waals surface area contributed by atoms with Gasteiger partial charge < -0.3 is 21.9 Å². The second kappa shape index (κ2) is 7.04. The molecule has 0 aliphatic carbocycles. The van der Waals surface area contributed by atoms with E-state index in [9.17, 15) is 4.39 Å². The van der Waals surface area contributed by atoms with E-state index < -0.39 is 0 Å². The summed E-state index contributed by atoms with van der Waals surface area (Å²) in [6, 6.07) is 11.4. The molecular formula is C20H21ClFNO2. The number of hydrogen-bond donors (Lipinski definition) is 0. The average Bonchev–Trinajstić information content (AvgIpc) is 3.02. The summed E-state index contributed by atoms with van der Waals surface area (Å²) in [7, 11) is 0. The minimum Gasteiger partial charge on any atom is -1.00 e. The van der Waals surface area contributed by atoms with Crippen molar-refractivity contribution >= 4 is 11.4 Å². The SMILES string of the molecule is CCCC1=[N+](c2ccccc2F)C(C)Cc2cc3c(cc21)OCO3.[Cl-]. The third-order valence-corrected chi connectivity index (χ3v) is 4.76. The minimum absolute atomic E-state index is 0. The molecule has 0 bridgehead atoms. The lowest BCUT2D eigenvalue weighted by Gasteiger charge is -2.23. The molecular weight excluding hydrogens is 341 g/mol. The molecule has 0 spiro atoms. The first-order valence-corrected chi connectivity index (χ1v) is 8.51. The van der Waals surface area contributed by atoms with Crippen molar-refractivity contribution in [3.8, 4) is 11.5 Å². The summed E-state index contributed by atoms with van der Waals surface area (Å²) < 4.78 is 27.7. The molecule has 0 saturated carbocycles. The fraction of sp³-hybridized carbons (Fsp3) is 0.350. The Morgan fingerprint density at radius 3 is 2.60 bits per heavy atom. The highest BCUT2D eigenvalue weighted by atomic mass is 35.5. The zero-order valence-corrected chi connectivity index (χ0v) is 15.1. The van der Waals surface area contributed by atoms with E-state index in [1.807, 2.05) is 12.1 Å². The van der Waals surface area contributed by atoms with Gasteiger partial charge in [0.15, 0.2) is 29.1 Å². The number of halogens is 2. The number of benzene rings is 2. The molecule has 132 valence electrons. The molecule has 4 rings (SSSR count). The smallest absolute Gasteiger partial charge is 0.241 e. The number of para-hydroxylation sites is 1. The molecule has 1 atom stereocenters. The van der Waals surface area contributed by atoms with Gasteiger partial charge in [-0.25, -0.2) is 0 Å². The molecule has 0 N–H and O–H groups in total. The molecule has 0 aromatic heterocycles. The van der Waals surface area contributed by atoms with Crippen LogP contribution in [-0.4, -0.2) is 23.1 Å². The van der Waals surface area contributed by atoms with Crippen molar-refractivity contribution in [2.24, 2.45) is 0 Å². The van der Waals surface area contributed by atoms with E-state index in [4.69, 9.17) is 9.47 Å². The van der Waals surface area contributed by atoms with Crippen molar-refractivity contribution in [2.45, 2.75) is 39.2 Å². The Balaban J connectivity index is 0.00000182. The normalized spacial score (nSPS) is 18.0. The van der Waals surface area contributed by atoms with Crippen molar-refractivity contribution in [3.05, 3.63) is 53.3 Å². The van der Waals surface area contributed by atoms with Gasteiger partial charge in [0, 0.05) is 24.5 Å². The lowest BCUT2D eigenvalue weighted by Crippen LogP contribution is -3.00. The zero-order chi connectivity index (χ0) is 16.7. The second-order valence-electron chi connectivity index (χ2n) is 6.43. The largest absolute Gasteiger partial charge is 1.00 e. The summed E-state index contributed by atoms with van der Waals surface area (Å²) in [6.45, 7) is 4.57. The molecule has 0 radical (unpaired) electrons. The predicted molar refractivity (Wildman–Crippen MR) is 91.1 cm³/mol. The van der Waals surface area contributed by atoms with Crippen LogP contribution in [0, 0.1) is 5.82 Å². The lowest BCUT2D eigenvalue weighted by molar-refractivity contribution is -0.485. The van der Waals surface area contributed by atoms with Gasteiger partial charge >= 0.3 is 0 Å². The second-order valence-corrected chi connectivity index (χ2v) is 6.43. The predicted octanol–water partition coefficient (Wildman–Crippen LogP) is 1.44. The van der Waals surface area contributed by atoms with Gasteiger partial charge in [-0.2, -0.15) is 8.97 Å². The fourth-order valence-corrected chi connectivity index (χ4v) is 3.75. The molecule has 0 amide bonds. The van der Waals surface area contributed by atoms with Crippen LogP contribution >= 0.6 is 0 Å². The number of nitrogens with zero attached hydrogens (tertiary/aromatic N) is 1. The third kappa shape index (κ3) is 2.99. The van der Waals surface area contributed by atoms with Crippen molar-refractivity contribution in [2.75, 3.05) is 6.79 Å². The minimum atomic E-state index is -0.179. The molecule has 2 aliphatic heterocycles. The standard InChI is InChI=1S/C20H21FNO2.ClH/c1-3-6-17-15-11-20-19(23-12-24-20)10-14(15)9-13(2)22(17)18-8-5-4-7-16(18)21;/h4-5,7-8,10-11,13H,3,6,9,12H2,1-2H3;1H/q+1;/p-1. The van der Waals surface area contributed by atoms with E-state index in [2.05, 4.69) is 30.6 Å². The summed E-state index contributed by atoms with van der Waals surface area (Å²) in [5, 5.41) is 0. The van der Waals surface area contributed by atoms with Crippen LogP contribution in [-0.2, 0) is 6.42 Å². The van der Waals surface area contributed by atoms with Crippen LogP contribution in [0.25, 0.3) is 0 Å². The summed E-state index contributed by atoms with van der Waals surface area (Å²) in [5.41, 5.74) is 4.22. The van der Waals surface area contributed by atoms with Gasteiger partial charge in [-0.1, -0.05) is 19.1 Å². The van der Waals surface area contributed by atoms with Crippen LogP contribution in [0.1, 0.15) is 37.8 Å². The zero-order valence-electron chi connectivity index (χ0n) is 14.4. The maximum atomic E-state index is 14.5. The summed E-state index contributed by atoms with van der Waals surface area (Å²) in [5.74, 6) is 1.42. The maximum absolute atomic E-state index is 14.5. The summed E-state index contributed by atoms with van der Waals surface area (Å²) in [6.07, 6.45) is 2.75. The monoisotopic (exact) mass is 361 g/mol. The van der Waals surface area contributed by atoms with E-state index in [1.165, 1.54) is 11.6 Å². The number of ether oxygens (including phenoxy) is 2. The van der Waals surface area contributed by atoms with Crippen LogP contribution in [0.5, 0.6) is 11.5 Å². The molecule has 5 heteroatoms. The van der Waals surface area contributed by atoms with Gasteiger partial charge in [-0.15, -0.1) is 0 Å². The Morgan fingerprint density at radius 1 is 1.16 bits per heavy atom. The third-order valence-electron chi connectivity index (χ3n) is 4.76. The maximum Gasteiger partial charge on any atom is 0.241 e. The Kier molecular flexibility index (Phi) is 5.00. The summed E-state index contributed by atoms with van der Waals surface area (Å²) in [4.78, 5) is 0. The van der Waals surface area contributed by atoms with E-state index in [1.54, 1.807) is 6.07 Å². The average molecular weight is 362 g/mol.